The van der Waals surface area contributed by atoms with E-state index in [9.17, 15) is 14.4 Å². The summed E-state index contributed by atoms with van der Waals surface area (Å²) >= 11 is 1.34. The van der Waals surface area contributed by atoms with Crippen molar-refractivity contribution in [2.45, 2.75) is 17.5 Å². The highest BCUT2D eigenvalue weighted by Crippen LogP contribution is 2.58. The van der Waals surface area contributed by atoms with Gasteiger partial charge in [-0.25, -0.2) is 0 Å². The summed E-state index contributed by atoms with van der Waals surface area (Å²) in [6, 6.07) is 22.6. The Bertz CT molecular complexity index is 1600. The topological polar surface area (TPSA) is 79.4 Å². The lowest BCUT2D eigenvalue weighted by molar-refractivity contribution is -0.121. The highest BCUT2D eigenvalue weighted by molar-refractivity contribution is 7.12. The molecule has 1 N–H and O–H groups in total. The van der Waals surface area contributed by atoms with Gasteiger partial charge in [-0.3, -0.25) is 19.4 Å². The number of hydrogen-bond donors (Lipinski definition) is 1. The number of carbonyl (C=O) groups is 3. The predicted molar refractivity (Wildman–Crippen MR) is 143 cm³/mol. The van der Waals surface area contributed by atoms with E-state index in [2.05, 4.69) is 10.3 Å². The highest BCUT2D eigenvalue weighted by atomic mass is 32.1. The molecule has 1 saturated heterocycles. The van der Waals surface area contributed by atoms with Crippen LogP contribution in [0.4, 0.5) is 11.4 Å². The molecule has 180 valence electrons. The Balaban J connectivity index is 1.55. The second-order valence-electron chi connectivity index (χ2n) is 9.48. The molecule has 0 aliphatic carbocycles. The first kappa shape index (κ1) is 21.9. The lowest BCUT2D eigenvalue weighted by atomic mass is 9.64. The van der Waals surface area contributed by atoms with Gasteiger partial charge in [-0.15, -0.1) is 11.3 Å². The Labute approximate surface area is 217 Å². The molecule has 3 aliphatic heterocycles. The normalized spacial score (nSPS) is 24.9. The molecule has 6 nitrogen and oxygen atoms in total. The molecule has 0 radical (unpaired) electrons. The molecule has 0 saturated carbocycles. The number of amides is 1. The summed E-state index contributed by atoms with van der Waals surface area (Å²) in [5.41, 5.74) is 2.10. The molecule has 3 aliphatic rings. The lowest BCUT2D eigenvalue weighted by Gasteiger charge is -2.37. The standard InChI is InChI=1S/C30H21N3O3S/c34-27(21-11-5-6-16-31-21)25-26(28(35)23-13-7-17-37-23)33-22-12-4-1-8-18(22)14-15-24(33)30(25)19-9-2-3-10-20(19)32-29(30)36/h1-17,24-26H,(H,32,36)/t24-,25+,26-,30+/m0/s1. The van der Waals surface area contributed by atoms with Crippen molar-refractivity contribution in [2.24, 2.45) is 5.92 Å². The van der Waals surface area contributed by atoms with Crippen molar-refractivity contribution in [2.75, 3.05) is 10.2 Å². The fourth-order valence-corrected chi connectivity index (χ4v) is 7.05. The first-order chi connectivity index (χ1) is 18.1. The number of pyridine rings is 1. The maximum Gasteiger partial charge on any atom is 0.238 e. The molecule has 0 bridgehead atoms. The van der Waals surface area contributed by atoms with Crippen LogP contribution in [0.2, 0.25) is 0 Å². The number of carbonyl (C=O) groups excluding carboxylic acids is 3. The molecule has 37 heavy (non-hydrogen) atoms. The molecule has 2 aromatic heterocycles. The zero-order valence-electron chi connectivity index (χ0n) is 19.6. The van der Waals surface area contributed by atoms with Crippen LogP contribution in [-0.4, -0.2) is 34.5 Å². The van der Waals surface area contributed by atoms with Gasteiger partial charge in [-0.1, -0.05) is 60.7 Å². The minimum atomic E-state index is -1.31. The number of anilines is 2. The Kier molecular flexibility index (Phi) is 4.78. The van der Waals surface area contributed by atoms with Crippen LogP contribution in [0, 0.1) is 5.92 Å². The van der Waals surface area contributed by atoms with Crippen LogP contribution in [0.5, 0.6) is 0 Å². The molecule has 7 rings (SSSR count). The van der Waals surface area contributed by atoms with Crippen molar-refractivity contribution >= 4 is 46.3 Å². The summed E-state index contributed by atoms with van der Waals surface area (Å²) in [6.07, 6.45) is 5.54. The number of hydrogen-bond acceptors (Lipinski definition) is 6. The largest absolute Gasteiger partial charge is 0.352 e. The lowest BCUT2D eigenvalue weighted by Crippen LogP contribution is -2.51. The third-order valence-electron chi connectivity index (χ3n) is 7.77. The van der Waals surface area contributed by atoms with Gasteiger partial charge in [0.05, 0.1) is 16.8 Å². The van der Waals surface area contributed by atoms with E-state index in [1.165, 1.54) is 11.3 Å². The van der Waals surface area contributed by atoms with Crippen LogP contribution in [0.1, 0.15) is 31.3 Å². The molecule has 4 aromatic rings. The van der Waals surface area contributed by atoms with E-state index < -0.39 is 23.4 Å². The second kappa shape index (κ2) is 8.08. The first-order valence-corrected chi connectivity index (χ1v) is 13.0. The van der Waals surface area contributed by atoms with Crippen molar-refractivity contribution in [3.05, 3.63) is 118 Å². The number of para-hydroxylation sites is 2. The maximum absolute atomic E-state index is 14.5. The number of rotatable bonds is 4. The molecule has 0 unspecified atom stereocenters. The SMILES string of the molecule is O=C(c1cccs1)[C@@H]1[C@H](C(=O)c2ccccn2)[C@]2(C(=O)Nc3ccccc32)[C@@H]2C=Cc3ccccc3N12. The fraction of sp³-hybridized carbons (Fsp3) is 0.133. The average Bonchev–Trinajstić information content (AvgIpc) is 3.65. The fourth-order valence-electron chi connectivity index (χ4n) is 6.35. The number of nitrogens with one attached hydrogen (secondary N) is 1. The van der Waals surface area contributed by atoms with Crippen LogP contribution >= 0.6 is 11.3 Å². The number of thiophene rings is 1. The predicted octanol–water partition coefficient (Wildman–Crippen LogP) is 5.00. The van der Waals surface area contributed by atoms with Crippen LogP contribution in [0.15, 0.2) is 96.5 Å². The average molecular weight is 504 g/mol. The minimum Gasteiger partial charge on any atom is -0.352 e. The van der Waals surface area contributed by atoms with Gasteiger partial charge in [0.2, 0.25) is 5.91 Å². The quantitative estimate of drug-likeness (QED) is 0.397. The molecule has 1 amide bonds. The molecular formula is C30H21N3O3S. The molecule has 2 aromatic carbocycles. The van der Waals surface area contributed by atoms with Gasteiger partial charge in [0, 0.05) is 17.6 Å². The Morgan fingerprint density at radius 1 is 0.919 bits per heavy atom. The van der Waals surface area contributed by atoms with Crippen molar-refractivity contribution in [1.29, 1.82) is 0 Å². The molecule has 1 fully saturated rings. The van der Waals surface area contributed by atoms with Gasteiger partial charge in [0.15, 0.2) is 11.6 Å². The van der Waals surface area contributed by atoms with Crippen LogP contribution in [-0.2, 0) is 10.2 Å². The Morgan fingerprint density at radius 2 is 1.73 bits per heavy atom. The number of fused-ring (bicyclic) bond motifs is 6. The highest BCUT2D eigenvalue weighted by Gasteiger charge is 2.70. The third-order valence-corrected chi connectivity index (χ3v) is 8.66. The third kappa shape index (κ3) is 2.92. The number of ketones is 2. The molecule has 5 heterocycles. The molecular weight excluding hydrogens is 482 g/mol. The summed E-state index contributed by atoms with van der Waals surface area (Å²) < 4.78 is 0. The summed E-state index contributed by atoms with van der Waals surface area (Å²) in [5.74, 6) is -1.76. The maximum atomic E-state index is 14.5. The van der Waals surface area contributed by atoms with Crippen LogP contribution in [0.25, 0.3) is 6.08 Å². The van der Waals surface area contributed by atoms with E-state index in [1.54, 1.807) is 30.5 Å². The van der Waals surface area contributed by atoms with Gasteiger partial charge < -0.3 is 10.2 Å². The van der Waals surface area contributed by atoms with Crippen molar-refractivity contribution in [3.63, 3.8) is 0 Å². The number of aromatic nitrogens is 1. The van der Waals surface area contributed by atoms with Gasteiger partial charge in [-0.05, 0) is 46.8 Å². The van der Waals surface area contributed by atoms with Gasteiger partial charge in [0.1, 0.15) is 17.2 Å². The van der Waals surface area contributed by atoms with Crippen LogP contribution < -0.4 is 10.2 Å². The van der Waals surface area contributed by atoms with Gasteiger partial charge in [0.25, 0.3) is 0 Å². The van der Waals surface area contributed by atoms with E-state index >= 15 is 0 Å². The number of Topliss-reactive ketones (excluding diaryl/α,β-unsaturated/α-hetero) is 2. The summed E-state index contributed by atoms with van der Waals surface area (Å²) in [5, 5.41) is 4.89. The monoisotopic (exact) mass is 503 g/mol. The summed E-state index contributed by atoms with van der Waals surface area (Å²) in [6.45, 7) is 0. The first-order valence-electron chi connectivity index (χ1n) is 12.1. The van der Waals surface area contributed by atoms with Crippen molar-refractivity contribution in [1.82, 2.24) is 4.98 Å². The zero-order chi connectivity index (χ0) is 25.1. The smallest absolute Gasteiger partial charge is 0.238 e. The van der Waals surface area contributed by atoms with Gasteiger partial charge >= 0.3 is 0 Å². The van der Waals surface area contributed by atoms with E-state index in [4.69, 9.17) is 0 Å². The van der Waals surface area contributed by atoms with E-state index in [-0.39, 0.29) is 23.2 Å². The van der Waals surface area contributed by atoms with E-state index in [0.29, 0.717) is 10.6 Å². The summed E-state index contributed by atoms with van der Waals surface area (Å²) in [4.78, 5) is 49.9. The minimum absolute atomic E-state index is 0.173. The number of benzene rings is 2. The molecule has 7 heteroatoms. The Morgan fingerprint density at radius 3 is 2.54 bits per heavy atom. The van der Waals surface area contributed by atoms with E-state index in [1.807, 2.05) is 77.0 Å². The zero-order valence-corrected chi connectivity index (χ0v) is 20.4. The Hall–Kier alpha value is -4.36. The van der Waals surface area contributed by atoms with Gasteiger partial charge in [-0.2, -0.15) is 0 Å². The molecule has 4 atom stereocenters. The van der Waals surface area contributed by atoms with Crippen LogP contribution in [0.3, 0.4) is 0 Å². The molecule has 1 spiro atoms. The van der Waals surface area contributed by atoms with Crippen molar-refractivity contribution < 1.29 is 14.4 Å². The van der Waals surface area contributed by atoms with E-state index in [0.717, 1.165) is 16.8 Å². The summed E-state index contributed by atoms with van der Waals surface area (Å²) in [7, 11) is 0. The van der Waals surface area contributed by atoms with Crippen molar-refractivity contribution in [3.8, 4) is 0 Å². The second-order valence-corrected chi connectivity index (χ2v) is 10.4. The number of nitrogens with zero attached hydrogens (tertiary/aromatic N) is 2.